The summed E-state index contributed by atoms with van der Waals surface area (Å²) in [5.41, 5.74) is 1.05. The van der Waals surface area contributed by atoms with Crippen LogP contribution in [0.1, 0.15) is 5.69 Å². The van der Waals surface area contributed by atoms with Crippen LogP contribution < -0.4 is 9.64 Å². The van der Waals surface area contributed by atoms with Crippen molar-refractivity contribution >= 4 is 21.7 Å². The largest absolute Gasteiger partial charge is 0.481 e. The normalized spacial score (nSPS) is 15.8. The van der Waals surface area contributed by atoms with Crippen LogP contribution >= 0.6 is 15.9 Å². The molecule has 0 atom stereocenters. The molecule has 3 heterocycles. The molecule has 2 aromatic rings. The Morgan fingerprint density at radius 3 is 2.64 bits per heavy atom. The third kappa shape index (κ3) is 3.75. The molecule has 6 heteroatoms. The van der Waals surface area contributed by atoms with Gasteiger partial charge in [0.2, 0.25) is 5.88 Å². The molecule has 0 spiro atoms. The van der Waals surface area contributed by atoms with Crippen LogP contribution in [0, 0.1) is 0 Å². The molecule has 0 aromatic carbocycles. The van der Waals surface area contributed by atoms with Crippen molar-refractivity contribution in [1.29, 1.82) is 0 Å². The van der Waals surface area contributed by atoms with Crippen molar-refractivity contribution in [3.05, 3.63) is 46.7 Å². The molecule has 5 nitrogen and oxygen atoms in total. The van der Waals surface area contributed by atoms with E-state index < -0.39 is 0 Å². The lowest BCUT2D eigenvalue weighted by atomic mass is 10.2. The molecule has 1 aliphatic heterocycles. The lowest BCUT2D eigenvalue weighted by Gasteiger charge is -2.35. The molecule has 1 aliphatic rings. The maximum Gasteiger partial charge on any atom is 0.213 e. The predicted octanol–water partition coefficient (Wildman–Crippen LogP) is 2.57. The number of hydrogen-bond acceptors (Lipinski definition) is 5. The molecule has 1 fully saturated rings. The maximum atomic E-state index is 5.18. The molecule has 1 saturated heterocycles. The second-order valence-corrected chi connectivity index (χ2v) is 6.18. The molecule has 0 radical (unpaired) electrons. The van der Waals surface area contributed by atoms with Crippen LogP contribution in [-0.2, 0) is 6.54 Å². The Morgan fingerprint density at radius 1 is 1.14 bits per heavy atom. The molecule has 3 rings (SSSR count). The highest BCUT2D eigenvalue weighted by atomic mass is 79.9. The van der Waals surface area contributed by atoms with Gasteiger partial charge >= 0.3 is 0 Å². The third-order valence-corrected chi connectivity index (χ3v) is 4.25. The standard InChI is InChI=1S/C16H19BrN4O/c1-22-16-4-2-3-14(19-16)12-20-7-9-21(10-8-20)15-6-5-13(17)11-18-15/h2-6,11H,7-10,12H2,1H3. The molecule has 22 heavy (non-hydrogen) atoms. The van der Waals surface area contributed by atoms with E-state index in [-0.39, 0.29) is 0 Å². The van der Waals surface area contributed by atoms with Crippen molar-refractivity contribution in [3.8, 4) is 5.88 Å². The molecule has 0 N–H and O–H groups in total. The van der Waals surface area contributed by atoms with Crippen LogP contribution in [0.25, 0.3) is 0 Å². The molecule has 0 unspecified atom stereocenters. The van der Waals surface area contributed by atoms with Crippen molar-refractivity contribution in [2.75, 3.05) is 38.2 Å². The van der Waals surface area contributed by atoms with E-state index in [1.165, 1.54) is 0 Å². The lowest BCUT2D eigenvalue weighted by Crippen LogP contribution is -2.46. The van der Waals surface area contributed by atoms with Gasteiger partial charge in [0.15, 0.2) is 0 Å². The first-order chi connectivity index (χ1) is 10.7. The van der Waals surface area contributed by atoms with Gasteiger partial charge in [-0.3, -0.25) is 4.90 Å². The first kappa shape index (κ1) is 15.2. The predicted molar refractivity (Wildman–Crippen MR) is 90.2 cm³/mol. The Kier molecular flexibility index (Phi) is 4.90. The minimum Gasteiger partial charge on any atom is -0.481 e. The van der Waals surface area contributed by atoms with E-state index in [1.807, 2.05) is 30.5 Å². The number of halogens is 1. The maximum absolute atomic E-state index is 5.18. The van der Waals surface area contributed by atoms with Gasteiger partial charge in [0.05, 0.1) is 12.8 Å². The number of rotatable bonds is 4. The van der Waals surface area contributed by atoms with E-state index >= 15 is 0 Å². The highest BCUT2D eigenvalue weighted by molar-refractivity contribution is 9.10. The van der Waals surface area contributed by atoms with Gasteiger partial charge in [0.1, 0.15) is 5.82 Å². The molecule has 0 saturated carbocycles. The molecule has 0 amide bonds. The van der Waals surface area contributed by atoms with E-state index in [2.05, 4.69) is 41.8 Å². The highest BCUT2D eigenvalue weighted by Crippen LogP contribution is 2.17. The van der Waals surface area contributed by atoms with Crippen LogP contribution in [0.5, 0.6) is 5.88 Å². The van der Waals surface area contributed by atoms with Gasteiger partial charge in [0, 0.05) is 49.5 Å². The van der Waals surface area contributed by atoms with Crippen molar-refractivity contribution in [3.63, 3.8) is 0 Å². The summed E-state index contributed by atoms with van der Waals surface area (Å²) in [6.45, 7) is 4.85. The van der Waals surface area contributed by atoms with Gasteiger partial charge in [-0.2, -0.15) is 0 Å². The van der Waals surface area contributed by atoms with Gasteiger partial charge in [-0.1, -0.05) is 6.07 Å². The summed E-state index contributed by atoms with van der Waals surface area (Å²) in [5.74, 6) is 1.72. The van der Waals surface area contributed by atoms with E-state index in [4.69, 9.17) is 4.74 Å². The van der Waals surface area contributed by atoms with Crippen LogP contribution in [0.4, 0.5) is 5.82 Å². The summed E-state index contributed by atoms with van der Waals surface area (Å²) < 4.78 is 6.19. The topological polar surface area (TPSA) is 41.5 Å². The van der Waals surface area contributed by atoms with Crippen LogP contribution in [0.2, 0.25) is 0 Å². The molecular formula is C16H19BrN4O. The summed E-state index contributed by atoms with van der Waals surface area (Å²) in [5, 5.41) is 0. The molecule has 2 aromatic heterocycles. The van der Waals surface area contributed by atoms with Crippen molar-refractivity contribution in [2.45, 2.75) is 6.54 Å². The number of nitrogens with zero attached hydrogens (tertiary/aromatic N) is 4. The van der Waals surface area contributed by atoms with Crippen molar-refractivity contribution < 1.29 is 4.74 Å². The fraction of sp³-hybridized carbons (Fsp3) is 0.375. The van der Waals surface area contributed by atoms with Gasteiger partial charge in [-0.05, 0) is 34.1 Å². The zero-order valence-electron chi connectivity index (χ0n) is 12.6. The van der Waals surface area contributed by atoms with Crippen molar-refractivity contribution in [1.82, 2.24) is 14.9 Å². The zero-order valence-corrected chi connectivity index (χ0v) is 14.2. The summed E-state index contributed by atoms with van der Waals surface area (Å²) in [6, 6.07) is 10.0. The fourth-order valence-corrected chi connectivity index (χ4v) is 2.81. The van der Waals surface area contributed by atoms with E-state index in [0.717, 1.165) is 48.7 Å². The minimum atomic E-state index is 0.676. The van der Waals surface area contributed by atoms with E-state index in [9.17, 15) is 0 Å². The number of anilines is 1. The van der Waals surface area contributed by atoms with Crippen LogP contribution in [0.3, 0.4) is 0 Å². The zero-order chi connectivity index (χ0) is 15.4. The second kappa shape index (κ2) is 7.07. The number of ether oxygens (including phenoxy) is 1. The van der Waals surface area contributed by atoms with Gasteiger partial charge < -0.3 is 9.64 Å². The molecule has 0 aliphatic carbocycles. The first-order valence-corrected chi connectivity index (χ1v) is 8.13. The average molecular weight is 363 g/mol. The van der Waals surface area contributed by atoms with Gasteiger partial charge in [0.25, 0.3) is 0 Å². The summed E-state index contributed by atoms with van der Waals surface area (Å²) >= 11 is 3.42. The first-order valence-electron chi connectivity index (χ1n) is 7.33. The molecule has 0 bridgehead atoms. The minimum absolute atomic E-state index is 0.676. The Balaban J connectivity index is 1.56. The summed E-state index contributed by atoms with van der Waals surface area (Å²) in [7, 11) is 1.65. The molecule has 116 valence electrons. The number of hydrogen-bond donors (Lipinski definition) is 0. The van der Waals surface area contributed by atoms with Crippen molar-refractivity contribution in [2.24, 2.45) is 0 Å². The molecular weight excluding hydrogens is 344 g/mol. The number of methoxy groups -OCH3 is 1. The highest BCUT2D eigenvalue weighted by Gasteiger charge is 2.18. The monoisotopic (exact) mass is 362 g/mol. The Hall–Kier alpha value is -1.66. The number of aromatic nitrogens is 2. The smallest absolute Gasteiger partial charge is 0.213 e. The van der Waals surface area contributed by atoms with Gasteiger partial charge in [-0.25, -0.2) is 9.97 Å². The third-order valence-electron chi connectivity index (χ3n) is 3.78. The Morgan fingerprint density at radius 2 is 1.95 bits per heavy atom. The lowest BCUT2D eigenvalue weighted by molar-refractivity contribution is 0.245. The SMILES string of the molecule is COc1cccc(CN2CCN(c3ccc(Br)cn3)CC2)n1. The number of pyridine rings is 2. The average Bonchev–Trinajstić information content (AvgIpc) is 2.57. The fourth-order valence-electron chi connectivity index (χ4n) is 2.58. The summed E-state index contributed by atoms with van der Waals surface area (Å²) in [4.78, 5) is 13.7. The number of piperazine rings is 1. The Labute approximate surface area is 139 Å². The Bertz CT molecular complexity index is 612. The van der Waals surface area contributed by atoms with E-state index in [0.29, 0.717) is 5.88 Å². The van der Waals surface area contributed by atoms with Crippen LogP contribution in [0.15, 0.2) is 41.0 Å². The van der Waals surface area contributed by atoms with Crippen LogP contribution in [-0.4, -0.2) is 48.2 Å². The summed E-state index contributed by atoms with van der Waals surface area (Å²) in [6.07, 6.45) is 1.85. The van der Waals surface area contributed by atoms with E-state index in [1.54, 1.807) is 7.11 Å². The second-order valence-electron chi connectivity index (χ2n) is 5.27. The quantitative estimate of drug-likeness (QED) is 0.835. The van der Waals surface area contributed by atoms with Gasteiger partial charge in [-0.15, -0.1) is 0 Å².